The largest absolute Gasteiger partial charge is 0.392 e. The monoisotopic (exact) mass is 453 g/mol. The molecule has 1 spiro atoms. The molecule has 1 saturated heterocycles. The summed E-state index contributed by atoms with van der Waals surface area (Å²) in [7, 11) is 5.01. The Hall–Kier alpha value is -0.320. The fraction of sp³-hybridized carbons (Fsp3) is 1.00. The van der Waals surface area contributed by atoms with Crippen LogP contribution in [0.25, 0.3) is 0 Å². The molecule has 1 aliphatic heterocycles. The lowest BCUT2D eigenvalue weighted by Crippen LogP contribution is -2.76. The van der Waals surface area contributed by atoms with Gasteiger partial charge in [0.15, 0.2) is 0 Å². The molecule has 5 aliphatic carbocycles. The first kappa shape index (κ1) is 22.2. The highest BCUT2D eigenvalue weighted by atomic mass is 16.5. The van der Waals surface area contributed by atoms with Crippen LogP contribution in [0, 0.1) is 34.5 Å². The van der Waals surface area contributed by atoms with Crippen molar-refractivity contribution in [2.45, 2.75) is 74.3 Å². The number of ether oxygens (including phenoxy) is 3. The third-order valence-electron chi connectivity index (χ3n) is 11.2. The highest BCUT2D eigenvalue weighted by molar-refractivity contribution is 5.37. The summed E-state index contributed by atoms with van der Waals surface area (Å²) in [6.07, 6.45) is -0.268. The lowest BCUT2D eigenvalue weighted by atomic mass is 9.43. The highest BCUT2D eigenvalue weighted by Gasteiger charge is 2.87. The Morgan fingerprint density at radius 1 is 0.969 bits per heavy atom. The Balaban J connectivity index is 1.63. The fourth-order valence-corrected chi connectivity index (χ4v) is 10.7. The van der Waals surface area contributed by atoms with E-state index in [1.807, 2.05) is 0 Å². The van der Waals surface area contributed by atoms with Crippen molar-refractivity contribution in [1.29, 1.82) is 0 Å². The van der Waals surface area contributed by atoms with Crippen LogP contribution in [0.15, 0.2) is 0 Å². The summed E-state index contributed by atoms with van der Waals surface area (Å²) in [5, 5.41) is 47.6. The maximum absolute atomic E-state index is 12.4. The van der Waals surface area contributed by atoms with Gasteiger partial charge in [0, 0.05) is 68.9 Å². The Morgan fingerprint density at radius 2 is 1.69 bits per heavy atom. The van der Waals surface area contributed by atoms with Crippen LogP contribution in [0.2, 0.25) is 0 Å². The number of nitrogens with zero attached hydrogens (tertiary/aromatic N) is 1. The van der Waals surface area contributed by atoms with Crippen molar-refractivity contribution in [1.82, 2.24) is 4.90 Å². The van der Waals surface area contributed by atoms with Gasteiger partial charge in [-0.1, -0.05) is 6.92 Å². The maximum Gasteiger partial charge on any atom is 0.117 e. The zero-order chi connectivity index (χ0) is 22.8. The van der Waals surface area contributed by atoms with E-state index in [0.29, 0.717) is 13.0 Å². The number of likely N-dealkylation sites (tertiary alicyclic amines) is 1. The number of piperidine rings is 1. The molecule has 0 aromatic carbocycles. The Bertz CT molecular complexity index is 798. The molecule has 0 radical (unpaired) electrons. The molecule has 8 heteroatoms. The van der Waals surface area contributed by atoms with E-state index in [4.69, 9.17) is 14.2 Å². The minimum absolute atomic E-state index is 0.0702. The number of hydrogen-bond donors (Lipinski definition) is 4. The predicted molar refractivity (Wildman–Crippen MR) is 114 cm³/mol. The van der Waals surface area contributed by atoms with E-state index in [0.717, 1.165) is 25.9 Å². The molecular weight excluding hydrogens is 414 g/mol. The average molecular weight is 454 g/mol. The molecule has 1 heterocycles. The van der Waals surface area contributed by atoms with E-state index in [1.165, 1.54) is 7.11 Å². The van der Waals surface area contributed by atoms with E-state index < -0.39 is 46.8 Å². The van der Waals surface area contributed by atoms with Gasteiger partial charge in [0.1, 0.15) is 5.60 Å². The van der Waals surface area contributed by atoms with Gasteiger partial charge < -0.3 is 34.6 Å². The van der Waals surface area contributed by atoms with Gasteiger partial charge in [-0.15, -0.1) is 0 Å². The van der Waals surface area contributed by atoms with Gasteiger partial charge in [0.25, 0.3) is 0 Å². The van der Waals surface area contributed by atoms with E-state index >= 15 is 0 Å². The molecule has 32 heavy (non-hydrogen) atoms. The van der Waals surface area contributed by atoms with E-state index in [-0.39, 0.29) is 35.8 Å². The number of fused-ring (bicyclic) bond motifs is 2. The summed E-state index contributed by atoms with van der Waals surface area (Å²) in [4.78, 5) is 2.44. The van der Waals surface area contributed by atoms with Gasteiger partial charge in [-0.25, -0.2) is 0 Å². The van der Waals surface area contributed by atoms with E-state index in [2.05, 4.69) is 11.8 Å². The summed E-state index contributed by atoms with van der Waals surface area (Å²) >= 11 is 0. The number of aliphatic hydroxyl groups is 4. The number of methoxy groups -OCH3 is 3. The second-order valence-electron chi connectivity index (χ2n) is 11.8. The minimum Gasteiger partial charge on any atom is -0.392 e. The smallest absolute Gasteiger partial charge is 0.117 e. The van der Waals surface area contributed by atoms with E-state index in [9.17, 15) is 20.4 Å². The zero-order valence-corrected chi connectivity index (χ0v) is 19.6. The van der Waals surface area contributed by atoms with Crippen LogP contribution >= 0.6 is 0 Å². The maximum atomic E-state index is 12.4. The Labute approximate surface area is 189 Å². The Morgan fingerprint density at radius 3 is 2.31 bits per heavy atom. The quantitative estimate of drug-likeness (QED) is 0.446. The van der Waals surface area contributed by atoms with Gasteiger partial charge in [-0.2, -0.15) is 0 Å². The van der Waals surface area contributed by atoms with Gasteiger partial charge in [-0.05, 0) is 31.7 Å². The van der Waals surface area contributed by atoms with Crippen LogP contribution in [0.3, 0.4) is 0 Å². The van der Waals surface area contributed by atoms with Gasteiger partial charge in [0.05, 0.1) is 36.6 Å². The fourth-order valence-electron chi connectivity index (χ4n) is 10.7. The average Bonchev–Trinajstić information content (AvgIpc) is 3.10. The predicted octanol–water partition coefficient (Wildman–Crippen LogP) is -0.383. The van der Waals surface area contributed by atoms with Crippen molar-refractivity contribution in [3.05, 3.63) is 0 Å². The number of aliphatic hydroxyl groups excluding tert-OH is 2. The molecule has 13 atom stereocenters. The van der Waals surface area contributed by atoms with Crippen molar-refractivity contribution in [3.63, 3.8) is 0 Å². The molecule has 6 fully saturated rings. The molecule has 6 rings (SSSR count). The summed E-state index contributed by atoms with van der Waals surface area (Å²) in [6.45, 7) is 4.32. The third kappa shape index (κ3) is 2.07. The molecule has 7 bridgehead atoms. The highest BCUT2D eigenvalue weighted by Crippen LogP contribution is 2.79. The first-order valence-electron chi connectivity index (χ1n) is 12.3. The first-order valence-corrected chi connectivity index (χ1v) is 12.3. The van der Waals surface area contributed by atoms with E-state index in [1.54, 1.807) is 14.2 Å². The minimum atomic E-state index is -1.40. The van der Waals surface area contributed by atoms with Crippen LogP contribution < -0.4 is 0 Å². The molecule has 5 saturated carbocycles. The molecule has 0 aromatic rings. The summed E-state index contributed by atoms with van der Waals surface area (Å²) < 4.78 is 17.6. The van der Waals surface area contributed by atoms with Gasteiger partial charge >= 0.3 is 0 Å². The summed E-state index contributed by atoms with van der Waals surface area (Å²) in [5.74, 6) is -1.22. The third-order valence-corrected chi connectivity index (χ3v) is 11.2. The van der Waals surface area contributed by atoms with Crippen LogP contribution in [-0.2, 0) is 14.2 Å². The van der Waals surface area contributed by atoms with Crippen LogP contribution in [0.1, 0.15) is 32.6 Å². The van der Waals surface area contributed by atoms with Crippen molar-refractivity contribution < 1.29 is 34.6 Å². The van der Waals surface area contributed by atoms with Crippen molar-refractivity contribution in [2.24, 2.45) is 34.5 Å². The molecule has 0 aromatic heterocycles. The molecule has 4 N–H and O–H groups in total. The normalized spacial score (nSPS) is 62.4. The van der Waals surface area contributed by atoms with Crippen LogP contribution in [-0.4, -0.2) is 108 Å². The second kappa shape index (κ2) is 6.66. The standard InChI is InChI=1S/C24H39NO7/c1-5-25-10-21(11-30-2)7-6-13(31-3)24-12-8-22(28)14(32-4)9-23(29,15(12)20(22)27)16(19(24)25)17(26)18(21)24/h12-20,26-29H,5-11H2,1-4H3/t12-,13+,14+,15-,16-,17+,18-,19+,20-,21+,22+,23-,24-/m0/s1. The number of rotatable bonds is 5. The summed E-state index contributed by atoms with van der Waals surface area (Å²) in [6, 6.07) is -0.0702. The lowest BCUT2D eigenvalue weighted by molar-refractivity contribution is -0.283. The molecular formula is C24H39NO7. The van der Waals surface area contributed by atoms with Gasteiger partial charge in [0.2, 0.25) is 0 Å². The van der Waals surface area contributed by atoms with Crippen LogP contribution in [0.5, 0.6) is 0 Å². The van der Waals surface area contributed by atoms with Crippen molar-refractivity contribution in [3.8, 4) is 0 Å². The topological polar surface area (TPSA) is 112 Å². The zero-order valence-electron chi connectivity index (χ0n) is 19.6. The molecule has 0 unspecified atom stereocenters. The van der Waals surface area contributed by atoms with Crippen molar-refractivity contribution in [2.75, 3.05) is 41.0 Å². The molecule has 0 amide bonds. The Kier molecular flexibility index (Phi) is 4.62. The summed E-state index contributed by atoms with van der Waals surface area (Å²) in [5.41, 5.74) is -3.42. The molecule has 8 nitrogen and oxygen atoms in total. The van der Waals surface area contributed by atoms with Gasteiger partial charge in [-0.3, -0.25) is 4.90 Å². The van der Waals surface area contributed by atoms with Crippen molar-refractivity contribution >= 4 is 0 Å². The lowest BCUT2D eigenvalue weighted by Gasteiger charge is -2.69. The molecule has 182 valence electrons. The van der Waals surface area contributed by atoms with Crippen LogP contribution in [0.4, 0.5) is 0 Å². The second-order valence-corrected chi connectivity index (χ2v) is 11.8. The molecule has 6 aliphatic rings. The SMILES string of the molecule is CCN1C[C@@]2(COC)CC[C@@H](OC)[C@@]34[C@H]5C[C@@]6(O)[C@H](OC)C[C@](O)([C@@H]5[C@@H]6O)[C@@H]([C@@H](O)[C@@H]23)[C@@H]14. The number of hydrogen-bond acceptors (Lipinski definition) is 8. The first-order chi connectivity index (χ1) is 15.2.